The summed E-state index contributed by atoms with van der Waals surface area (Å²) in [6.07, 6.45) is 0. The molecule has 0 aliphatic rings. The predicted molar refractivity (Wildman–Crippen MR) is 86.9 cm³/mol. The minimum absolute atomic E-state index is 0.0962. The molecule has 0 aliphatic carbocycles. The fourth-order valence-electron chi connectivity index (χ4n) is 2.52. The van der Waals surface area contributed by atoms with E-state index in [4.69, 9.17) is 4.74 Å². The van der Waals surface area contributed by atoms with Crippen LogP contribution in [0.5, 0.6) is 5.75 Å². The van der Waals surface area contributed by atoms with E-state index < -0.39 is 0 Å². The Bertz CT molecular complexity index is 872. The van der Waals surface area contributed by atoms with E-state index in [0.29, 0.717) is 24.4 Å². The first-order valence-electron chi connectivity index (χ1n) is 7.42. The lowest BCUT2D eigenvalue weighted by molar-refractivity contribution is -0.686. The van der Waals surface area contributed by atoms with Gasteiger partial charge in [-0.3, -0.25) is 4.79 Å². The van der Waals surface area contributed by atoms with Crippen molar-refractivity contribution in [3.8, 4) is 5.75 Å². The number of methoxy groups -OCH3 is 1. The van der Waals surface area contributed by atoms with E-state index in [0.717, 1.165) is 16.5 Å². The lowest BCUT2D eigenvalue weighted by atomic mass is 10.1. The van der Waals surface area contributed by atoms with E-state index in [1.807, 2.05) is 29.6 Å². The molecule has 3 N–H and O–H groups in total. The van der Waals surface area contributed by atoms with Gasteiger partial charge in [0.2, 0.25) is 0 Å². The van der Waals surface area contributed by atoms with Crippen LogP contribution in [-0.4, -0.2) is 12.1 Å². The third-order valence-electron chi connectivity index (χ3n) is 3.79. The normalized spacial score (nSPS) is 10.9. The first kappa shape index (κ1) is 15.2. The molecular formula is C18H18FN2O2+. The zero-order valence-electron chi connectivity index (χ0n) is 12.8. The number of nitrogens with one attached hydrogen (secondary N) is 1. The van der Waals surface area contributed by atoms with Gasteiger partial charge in [-0.2, -0.15) is 0 Å². The lowest BCUT2D eigenvalue weighted by Crippen LogP contribution is -2.81. The number of rotatable bonds is 5. The number of benzene rings is 2. The molecule has 0 saturated heterocycles. The Hall–Kier alpha value is -2.66. The fraction of sp³-hybridized carbons (Fsp3) is 0.167. The molecule has 118 valence electrons. The van der Waals surface area contributed by atoms with Gasteiger partial charge in [-0.05, 0) is 35.7 Å². The Morgan fingerprint density at radius 3 is 2.61 bits per heavy atom. The maximum Gasteiger partial charge on any atom is 0.257 e. The topological polar surface area (TPSA) is 58.7 Å². The number of fused-ring (bicyclic) bond motifs is 1. The number of H-pyrrole nitrogens is 1. The number of quaternary nitrogens is 1. The first-order valence-corrected chi connectivity index (χ1v) is 7.42. The quantitative estimate of drug-likeness (QED) is 0.756. The summed E-state index contributed by atoms with van der Waals surface area (Å²) in [7, 11) is 1.60. The summed E-state index contributed by atoms with van der Waals surface area (Å²) in [4.78, 5) is 15.0. The van der Waals surface area contributed by atoms with Crippen molar-refractivity contribution in [3.05, 3.63) is 75.8 Å². The number of hydrogen-bond acceptors (Lipinski definition) is 2. The average Bonchev–Trinajstić information content (AvgIpc) is 2.56. The van der Waals surface area contributed by atoms with Crippen LogP contribution < -0.4 is 15.6 Å². The van der Waals surface area contributed by atoms with Gasteiger partial charge in [-0.25, -0.2) is 4.39 Å². The smallest absolute Gasteiger partial charge is 0.257 e. The molecule has 5 heteroatoms. The molecule has 0 saturated carbocycles. The summed E-state index contributed by atoms with van der Waals surface area (Å²) in [6.45, 7) is 1.26. The van der Waals surface area contributed by atoms with Gasteiger partial charge >= 0.3 is 0 Å². The Morgan fingerprint density at radius 1 is 1.09 bits per heavy atom. The third kappa shape index (κ3) is 3.57. The monoisotopic (exact) mass is 313 g/mol. The molecule has 23 heavy (non-hydrogen) atoms. The highest BCUT2D eigenvalue weighted by atomic mass is 19.1. The van der Waals surface area contributed by atoms with Crippen molar-refractivity contribution in [2.24, 2.45) is 0 Å². The highest BCUT2D eigenvalue weighted by Gasteiger charge is 2.06. The summed E-state index contributed by atoms with van der Waals surface area (Å²) in [5.74, 6) is 0.471. The van der Waals surface area contributed by atoms with Crippen LogP contribution in [0, 0.1) is 5.82 Å². The zero-order valence-corrected chi connectivity index (χ0v) is 12.8. The van der Waals surface area contributed by atoms with E-state index >= 15 is 0 Å². The molecule has 0 fully saturated rings. The molecule has 4 nitrogen and oxygen atoms in total. The summed E-state index contributed by atoms with van der Waals surface area (Å²) in [5.41, 5.74) is 2.40. The molecule has 0 unspecified atom stereocenters. The van der Waals surface area contributed by atoms with Crippen LogP contribution in [0.4, 0.5) is 4.39 Å². The molecule has 0 aliphatic heterocycles. The number of ether oxygens (including phenoxy) is 1. The maximum atomic E-state index is 12.9. The highest BCUT2D eigenvalue weighted by molar-refractivity contribution is 5.80. The molecule has 3 rings (SSSR count). The van der Waals surface area contributed by atoms with Crippen LogP contribution in [0.1, 0.15) is 11.1 Å². The van der Waals surface area contributed by atoms with Crippen LogP contribution >= 0.6 is 0 Å². The highest BCUT2D eigenvalue weighted by Crippen LogP contribution is 2.18. The Balaban J connectivity index is 1.73. The molecular weight excluding hydrogens is 295 g/mol. The summed E-state index contributed by atoms with van der Waals surface area (Å²) in [6, 6.07) is 13.9. The molecule has 0 spiro atoms. The summed E-state index contributed by atoms with van der Waals surface area (Å²) >= 11 is 0. The van der Waals surface area contributed by atoms with Crippen molar-refractivity contribution in [1.29, 1.82) is 0 Å². The van der Waals surface area contributed by atoms with Gasteiger partial charge in [0, 0.05) is 11.6 Å². The van der Waals surface area contributed by atoms with Crippen LogP contribution in [-0.2, 0) is 13.1 Å². The molecule has 0 amide bonds. The van der Waals surface area contributed by atoms with Crippen LogP contribution in [0.15, 0.2) is 53.3 Å². The van der Waals surface area contributed by atoms with E-state index in [-0.39, 0.29) is 11.4 Å². The van der Waals surface area contributed by atoms with Gasteiger partial charge in [0.15, 0.2) is 0 Å². The second kappa shape index (κ2) is 6.62. The third-order valence-corrected chi connectivity index (χ3v) is 3.79. The predicted octanol–water partition coefficient (Wildman–Crippen LogP) is 1.94. The first-order chi connectivity index (χ1) is 11.2. The standard InChI is InChI=1S/C18H17FN2O2/c1-23-16-7-4-13-8-14(18(22)21-17(13)9-16)11-20-10-12-2-5-15(19)6-3-12/h2-9,20H,10-11H2,1H3,(H,21,22)/p+1. The number of hydrogen-bond donors (Lipinski definition) is 2. The van der Waals surface area contributed by atoms with Gasteiger partial charge < -0.3 is 15.0 Å². The van der Waals surface area contributed by atoms with Crippen molar-refractivity contribution in [3.63, 3.8) is 0 Å². The minimum Gasteiger partial charge on any atom is -0.497 e. The summed E-state index contributed by atoms with van der Waals surface area (Å²) in [5, 5.41) is 2.99. The van der Waals surface area contributed by atoms with Gasteiger partial charge in [0.05, 0.1) is 18.2 Å². The molecule has 0 atom stereocenters. The largest absolute Gasteiger partial charge is 0.497 e. The maximum absolute atomic E-state index is 12.9. The van der Waals surface area contributed by atoms with E-state index in [1.54, 1.807) is 19.2 Å². The van der Waals surface area contributed by atoms with Crippen LogP contribution in [0.3, 0.4) is 0 Å². The van der Waals surface area contributed by atoms with Crippen LogP contribution in [0.2, 0.25) is 0 Å². The number of pyridine rings is 1. The molecule has 2 aromatic carbocycles. The van der Waals surface area contributed by atoms with Crippen molar-refractivity contribution < 1.29 is 14.4 Å². The van der Waals surface area contributed by atoms with Gasteiger partial charge in [0.1, 0.15) is 24.7 Å². The van der Waals surface area contributed by atoms with E-state index in [2.05, 4.69) is 4.98 Å². The number of aromatic nitrogens is 1. The van der Waals surface area contributed by atoms with E-state index in [1.165, 1.54) is 12.1 Å². The fourth-order valence-corrected chi connectivity index (χ4v) is 2.52. The van der Waals surface area contributed by atoms with Crippen molar-refractivity contribution >= 4 is 10.9 Å². The number of halogens is 1. The lowest BCUT2D eigenvalue weighted by Gasteiger charge is -2.05. The Morgan fingerprint density at radius 2 is 1.87 bits per heavy atom. The van der Waals surface area contributed by atoms with Crippen molar-refractivity contribution in [2.45, 2.75) is 13.1 Å². The minimum atomic E-state index is -0.241. The van der Waals surface area contributed by atoms with Crippen LogP contribution in [0.25, 0.3) is 10.9 Å². The van der Waals surface area contributed by atoms with Gasteiger partial charge in [-0.1, -0.05) is 12.1 Å². The van der Waals surface area contributed by atoms with Gasteiger partial charge in [0.25, 0.3) is 5.56 Å². The summed E-state index contributed by atoms with van der Waals surface area (Å²) < 4.78 is 18.0. The molecule has 1 heterocycles. The second-order valence-corrected chi connectivity index (χ2v) is 5.40. The van der Waals surface area contributed by atoms with E-state index in [9.17, 15) is 9.18 Å². The zero-order chi connectivity index (χ0) is 16.2. The number of aromatic amines is 1. The van der Waals surface area contributed by atoms with Crippen molar-refractivity contribution in [2.75, 3.05) is 7.11 Å². The molecule has 3 aromatic rings. The number of nitrogens with two attached hydrogens (primary N) is 1. The molecule has 0 radical (unpaired) electrons. The molecule has 1 aromatic heterocycles. The van der Waals surface area contributed by atoms with Crippen molar-refractivity contribution in [1.82, 2.24) is 4.98 Å². The Kier molecular flexibility index (Phi) is 4.39. The Labute approximate surface area is 132 Å². The van der Waals surface area contributed by atoms with Gasteiger partial charge in [-0.15, -0.1) is 0 Å². The second-order valence-electron chi connectivity index (χ2n) is 5.40. The molecule has 0 bridgehead atoms. The SMILES string of the molecule is COc1ccc2cc(C[NH2+]Cc3ccc(F)cc3)c(=O)[nH]c2c1. The average molecular weight is 313 g/mol.